The van der Waals surface area contributed by atoms with E-state index in [4.69, 9.17) is 26.1 Å². The number of nitrogens with zero attached hydrogens (tertiary/aromatic N) is 2. The molecule has 0 aliphatic rings. The minimum atomic E-state index is 0.387. The lowest BCUT2D eigenvalue weighted by molar-refractivity contribution is 0.306. The monoisotopic (exact) mass is 631 g/mol. The summed E-state index contributed by atoms with van der Waals surface area (Å²) in [6.45, 7) is 1.53. The van der Waals surface area contributed by atoms with Gasteiger partial charge in [-0.05, 0) is 97.6 Å². The molecule has 164 valence electrons. The molecule has 0 aliphatic heterocycles. The van der Waals surface area contributed by atoms with Crippen LogP contribution in [0.5, 0.6) is 11.5 Å². The van der Waals surface area contributed by atoms with Gasteiger partial charge in [-0.3, -0.25) is 0 Å². The first kappa shape index (κ1) is 24.5. The van der Waals surface area contributed by atoms with Crippen molar-refractivity contribution in [3.63, 3.8) is 0 Å². The summed E-state index contributed by atoms with van der Waals surface area (Å²) in [5.41, 5.74) is 3.39. The Morgan fingerprint density at radius 1 is 1.06 bits per heavy atom. The first-order valence-corrected chi connectivity index (χ1v) is 12.3. The van der Waals surface area contributed by atoms with Crippen molar-refractivity contribution in [2.45, 2.75) is 12.8 Å². The summed E-state index contributed by atoms with van der Waals surface area (Å²) < 4.78 is 13.8. The largest absolute Gasteiger partial charge is 0.496 e. The molecule has 1 N–H and O–H groups in total. The number of halogens is 4. The molecule has 5 nitrogen and oxygen atoms in total. The van der Waals surface area contributed by atoms with E-state index in [0.717, 1.165) is 54.7 Å². The van der Waals surface area contributed by atoms with Gasteiger partial charge in [-0.25, -0.2) is 9.97 Å². The highest BCUT2D eigenvalue weighted by Crippen LogP contribution is 2.38. The zero-order valence-electron chi connectivity index (χ0n) is 17.0. The van der Waals surface area contributed by atoms with Gasteiger partial charge in [-0.15, -0.1) is 0 Å². The summed E-state index contributed by atoms with van der Waals surface area (Å²) in [5, 5.41) is 3.50. The van der Waals surface area contributed by atoms with Crippen LogP contribution in [0.1, 0.15) is 17.7 Å². The summed E-state index contributed by atoms with van der Waals surface area (Å²) in [5.74, 6) is 1.54. The van der Waals surface area contributed by atoms with Crippen LogP contribution >= 0.6 is 59.4 Å². The van der Waals surface area contributed by atoms with Crippen LogP contribution in [0.25, 0.3) is 11.3 Å². The molecule has 9 heteroatoms. The summed E-state index contributed by atoms with van der Waals surface area (Å²) >= 11 is 17.1. The van der Waals surface area contributed by atoms with Gasteiger partial charge in [0.25, 0.3) is 0 Å². The molecule has 1 aromatic heterocycles. The molecule has 3 rings (SSSR count). The lowest BCUT2D eigenvalue weighted by Gasteiger charge is -2.13. The first-order valence-electron chi connectivity index (χ1n) is 9.53. The van der Waals surface area contributed by atoms with Crippen LogP contribution in [-0.4, -0.2) is 37.3 Å². The van der Waals surface area contributed by atoms with Crippen LogP contribution in [0, 0.1) is 0 Å². The molecule has 0 amide bonds. The maximum absolute atomic E-state index is 6.35. The highest BCUT2D eigenvalue weighted by molar-refractivity contribution is 9.11. The van der Waals surface area contributed by atoms with Gasteiger partial charge < -0.3 is 14.8 Å². The molecule has 0 atom stereocenters. The van der Waals surface area contributed by atoms with Gasteiger partial charge in [0, 0.05) is 12.0 Å². The summed E-state index contributed by atoms with van der Waals surface area (Å²) in [7, 11) is 3.57. The Hall–Kier alpha value is -1.19. The van der Waals surface area contributed by atoms with E-state index in [9.17, 15) is 0 Å². The Kier molecular flexibility index (Phi) is 9.16. The fraction of sp³-hybridized carbons (Fsp3) is 0.273. The highest BCUT2D eigenvalue weighted by Gasteiger charge is 2.14. The molecule has 0 aliphatic carbocycles. The molecule has 0 saturated carbocycles. The molecular formula is C22H21Br3ClN3O2. The van der Waals surface area contributed by atoms with Crippen molar-refractivity contribution in [2.75, 3.05) is 27.3 Å². The van der Waals surface area contributed by atoms with E-state index in [2.05, 4.69) is 58.1 Å². The van der Waals surface area contributed by atoms with Crippen molar-refractivity contribution in [3.05, 3.63) is 66.4 Å². The summed E-state index contributed by atoms with van der Waals surface area (Å²) in [6, 6.07) is 9.85. The van der Waals surface area contributed by atoms with Gasteiger partial charge in [0.15, 0.2) is 5.15 Å². The molecule has 2 aromatic carbocycles. The van der Waals surface area contributed by atoms with Gasteiger partial charge in [-0.1, -0.05) is 17.7 Å². The second-order valence-corrected chi connectivity index (χ2v) is 9.63. The molecule has 0 fully saturated rings. The van der Waals surface area contributed by atoms with Crippen molar-refractivity contribution >= 4 is 59.4 Å². The van der Waals surface area contributed by atoms with Gasteiger partial charge in [0.05, 0.1) is 44.7 Å². The quantitative estimate of drug-likeness (QED) is 0.267. The van der Waals surface area contributed by atoms with Crippen LogP contribution < -0.4 is 14.8 Å². The number of hydrogen-bond acceptors (Lipinski definition) is 5. The third kappa shape index (κ3) is 6.42. The van der Waals surface area contributed by atoms with Crippen LogP contribution in [0.15, 0.2) is 49.9 Å². The van der Waals surface area contributed by atoms with Crippen molar-refractivity contribution in [1.82, 2.24) is 15.3 Å². The number of benzene rings is 2. The molecule has 3 aromatic rings. The van der Waals surface area contributed by atoms with Crippen molar-refractivity contribution in [1.29, 1.82) is 0 Å². The molecule has 0 saturated heterocycles. The number of rotatable bonds is 9. The number of ether oxygens (including phenoxy) is 2. The van der Waals surface area contributed by atoms with E-state index in [-0.39, 0.29) is 0 Å². The molecule has 0 radical (unpaired) electrons. The number of nitrogens with one attached hydrogen (secondary N) is 1. The fourth-order valence-corrected chi connectivity index (χ4v) is 5.11. The molecule has 0 spiro atoms. The van der Waals surface area contributed by atoms with Gasteiger partial charge in [0.2, 0.25) is 0 Å². The Labute approximate surface area is 212 Å². The normalized spacial score (nSPS) is 10.9. The second kappa shape index (κ2) is 11.6. The average molecular weight is 635 g/mol. The second-order valence-electron chi connectivity index (χ2n) is 6.71. The van der Waals surface area contributed by atoms with Crippen LogP contribution in [-0.2, 0) is 6.42 Å². The van der Waals surface area contributed by atoms with E-state index in [1.165, 1.54) is 0 Å². The van der Waals surface area contributed by atoms with Crippen molar-refractivity contribution < 1.29 is 9.47 Å². The number of hydrogen-bond donors (Lipinski definition) is 1. The fourth-order valence-electron chi connectivity index (χ4n) is 2.95. The maximum atomic E-state index is 6.35. The standard InChI is InChI=1S/C22H21Br3ClN3O2/c1-27-6-3-7-31-21-16(24)10-14(11-17(21)25)19-12-28-22(26)18(29-19)9-13-4-5-20(30-2)15(23)8-13/h4-5,8,10-12,27H,3,6-7,9H2,1-2H3. The lowest BCUT2D eigenvalue weighted by Crippen LogP contribution is -2.11. The Morgan fingerprint density at radius 3 is 2.45 bits per heavy atom. The third-order valence-corrected chi connectivity index (χ3v) is 6.61. The first-order chi connectivity index (χ1) is 14.9. The van der Waals surface area contributed by atoms with Crippen molar-refractivity contribution in [2.24, 2.45) is 0 Å². The van der Waals surface area contributed by atoms with E-state index in [1.54, 1.807) is 13.3 Å². The third-order valence-electron chi connectivity index (χ3n) is 4.49. The molecule has 31 heavy (non-hydrogen) atoms. The number of methoxy groups -OCH3 is 1. The van der Waals surface area contributed by atoms with Gasteiger partial charge >= 0.3 is 0 Å². The summed E-state index contributed by atoms with van der Waals surface area (Å²) in [4.78, 5) is 9.13. The minimum absolute atomic E-state index is 0.387. The highest BCUT2D eigenvalue weighted by atomic mass is 79.9. The van der Waals surface area contributed by atoms with E-state index < -0.39 is 0 Å². The topological polar surface area (TPSA) is 56.3 Å². The predicted molar refractivity (Wildman–Crippen MR) is 135 cm³/mol. The van der Waals surface area contributed by atoms with E-state index in [0.29, 0.717) is 23.9 Å². The average Bonchev–Trinajstić information content (AvgIpc) is 2.74. The van der Waals surface area contributed by atoms with Crippen LogP contribution in [0.2, 0.25) is 5.15 Å². The maximum Gasteiger partial charge on any atom is 0.150 e. The molecule has 0 unspecified atom stereocenters. The SMILES string of the molecule is CNCCCOc1c(Br)cc(-c2cnc(Cl)c(Cc3ccc(OC)c(Br)c3)n2)cc1Br. The molecular weight excluding hydrogens is 613 g/mol. The van der Waals surface area contributed by atoms with Gasteiger partial charge in [-0.2, -0.15) is 0 Å². The lowest BCUT2D eigenvalue weighted by atomic mass is 10.1. The van der Waals surface area contributed by atoms with E-state index >= 15 is 0 Å². The van der Waals surface area contributed by atoms with Gasteiger partial charge in [0.1, 0.15) is 11.5 Å². The zero-order valence-corrected chi connectivity index (χ0v) is 22.5. The Morgan fingerprint density at radius 2 is 1.81 bits per heavy atom. The van der Waals surface area contributed by atoms with Crippen molar-refractivity contribution in [3.8, 4) is 22.8 Å². The summed E-state index contributed by atoms with van der Waals surface area (Å²) in [6.07, 6.45) is 3.15. The smallest absolute Gasteiger partial charge is 0.150 e. The Bertz CT molecular complexity index is 1040. The molecule has 0 bridgehead atoms. The van der Waals surface area contributed by atoms with E-state index in [1.807, 2.05) is 37.4 Å². The minimum Gasteiger partial charge on any atom is -0.496 e. The Balaban J connectivity index is 1.84. The van der Waals surface area contributed by atoms with Crippen LogP contribution in [0.4, 0.5) is 0 Å². The predicted octanol–water partition coefficient (Wildman–Crippen LogP) is 6.67. The molecule has 1 heterocycles. The number of aromatic nitrogens is 2. The van der Waals surface area contributed by atoms with Crippen LogP contribution in [0.3, 0.4) is 0 Å². The zero-order chi connectivity index (χ0) is 22.4.